The van der Waals surface area contributed by atoms with Crippen molar-refractivity contribution >= 4 is 28.3 Å². The Kier molecular flexibility index (Phi) is 4.99. The second-order valence-corrected chi connectivity index (χ2v) is 9.03. The number of anilines is 1. The number of carbonyl (C=O) groups is 2. The Balaban J connectivity index is 1.27. The molecule has 1 aromatic heterocycles. The molecular weight excluding hydrogens is 402 g/mol. The van der Waals surface area contributed by atoms with Gasteiger partial charge in [-0.3, -0.25) is 14.5 Å². The lowest BCUT2D eigenvalue weighted by molar-refractivity contribution is -0.144. The summed E-state index contributed by atoms with van der Waals surface area (Å²) in [6.07, 6.45) is 4.38. The first-order valence-electron chi connectivity index (χ1n) is 10.4. The van der Waals surface area contributed by atoms with Crippen molar-refractivity contribution in [3.63, 3.8) is 0 Å². The summed E-state index contributed by atoms with van der Waals surface area (Å²) >= 11 is 1.43. The van der Waals surface area contributed by atoms with Crippen molar-refractivity contribution in [1.29, 1.82) is 0 Å². The molecule has 1 aromatic carbocycles. The molecule has 5 rings (SSSR count). The molecule has 1 atom stereocenters. The maximum atomic E-state index is 13.1. The van der Waals surface area contributed by atoms with Crippen LogP contribution in [-0.4, -0.2) is 55.0 Å². The van der Waals surface area contributed by atoms with E-state index in [1.807, 2.05) is 16.3 Å². The van der Waals surface area contributed by atoms with E-state index in [-0.39, 0.29) is 29.8 Å². The standard InChI is InChI=1S/C22H25N3O4S/c1-28-17-2-3-18-15(12-17)4-10-29-22(18)5-8-24(9-6-22)20(27)16-13-19(26)25(14-16)21-23-7-11-30-21/h2-3,7,11-12,16H,4-6,8-10,13-14H2,1H3. The number of thiazole rings is 1. The lowest BCUT2D eigenvalue weighted by atomic mass is 9.79. The summed E-state index contributed by atoms with van der Waals surface area (Å²) in [5, 5.41) is 2.52. The van der Waals surface area contributed by atoms with E-state index >= 15 is 0 Å². The highest BCUT2D eigenvalue weighted by molar-refractivity contribution is 7.13. The molecule has 2 saturated heterocycles. The SMILES string of the molecule is COc1ccc2c(c1)CCOC21CCN(C(=O)C2CC(=O)N(c3nccs3)C2)CC1. The highest BCUT2D eigenvalue weighted by Crippen LogP contribution is 2.43. The minimum absolute atomic E-state index is 0.0183. The van der Waals surface area contributed by atoms with Crippen LogP contribution in [0.2, 0.25) is 0 Å². The summed E-state index contributed by atoms with van der Waals surface area (Å²) in [5.41, 5.74) is 2.18. The fourth-order valence-corrected chi connectivity index (χ4v) is 5.62. The van der Waals surface area contributed by atoms with Crippen molar-refractivity contribution < 1.29 is 19.1 Å². The second kappa shape index (κ2) is 7.67. The highest BCUT2D eigenvalue weighted by Gasteiger charge is 2.44. The van der Waals surface area contributed by atoms with Crippen molar-refractivity contribution in [2.24, 2.45) is 5.92 Å². The predicted molar refractivity (Wildman–Crippen MR) is 113 cm³/mol. The quantitative estimate of drug-likeness (QED) is 0.753. The molecule has 0 aliphatic carbocycles. The third-order valence-corrected chi connectivity index (χ3v) is 7.35. The second-order valence-electron chi connectivity index (χ2n) is 8.16. The molecule has 0 N–H and O–H groups in total. The molecule has 4 heterocycles. The van der Waals surface area contributed by atoms with Crippen molar-refractivity contribution in [2.75, 3.05) is 38.3 Å². The summed E-state index contributed by atoms with van der Waals surface area (Å²) in [5.74, 6) is 0.631. The summed E-state index contributed by atoms with van der Waals surface area (Å²) in [4.78, 5) is 33.3. The average Bonchev–Trinajstić information content (AvgIpc) is 3.43. The van der Waals surface area contributed by atoms with Crippen LogP contribution in [0.25, 0.3) is 0 Å². The lowest BCUT2D eigenvalue weighted by Gasteiger charge is -2.45. The topological polar surface area (TPSA) is 72.0 Å². The van der Waals surface area contributed by atoms with Crippen LogP contribution in [0.15, 0.2) is 29.8 Å². The van der Waals surface area contributed by atoms with Gasteiger partial charge in [-0.25, -0.2) is 4.98 Å². The Bertz CT molecular complexity index is 953. The number of ether oxygens (including phenoxy) is 2. The number of carbonyl (C=O) groups excluding carboxylic acids is 2. The van der Waals surface area contributed by atoms with Crippen LogP contribution in [-0.2, 0) is 26.3 Å². The van der Waals surface area contributed by atoms with E-state index in [0.717, 1.165) is 25.0 Å². The Labute approximate surface area is 179 Å². The Morgan fingerprint density at radius 2 is 2.17 bits per heavy atom. The van der Waals surface area contributed by atoms with Gasteiger partial charge in [-0.2, -0.15) is 0 Å². The van der Waals surface area contributed by atoms with Gasteiger partial charge in [-0.1, -0.05) is 6.07 Å². The van der Waals surface area contributed by atoms with Gasteiger partial charge in [0, 0.05) is 37.6 Å². The van der Waals surface area contributed by atoms with Gasteiger partial charge in [0.25, 0.3) is 0 Å². The Morgan fingerprint density at radius 3 is 2.90 bits per heavy atom. The molecule has 1 spiro atoms. The van der Waals surface area contributed by atoms with E-state index in [1.54, 1.807) is 18.2 Å². The largest absolute Gasteiger partial charge is 0.497 e. The number of likely N-dealkylation sites (tertiary alicyclic amines) is 1. The number of benzene rings is 1. The minimum Gasteiger partial charge on any atom is -0.497 e. The predicted octanol–water partition coefficient (Wildman–Crippen LogP) is 2.60. The normalized spacial score (nSPS) is 23.0. The van der Waals surface area contributed by atoms with Crippen LogP contribution in [0.3, 0.4) is 0 Å². The number of rotatable bonds is 3. The number of nitrogens with zero attached hydrogens (tertiary/aromatic N) is 3. The van der Waals surface area contributed by atoms with Crippen LogP contribution < -0.4 is 9.64 Å². The van der Waals surface area contributed by atoms with Crippen LogP contribution in [0.4, 0.5) is 5.13 Å². The first-order valence-corrected chi connectivity index (χ1v) is 11.3. The average molecular weight is 428 g/mol. The first-order chi connectivity index (χ1) is 14.6. The number of amides is 2. The molecule has 3 aliphatic rings. The van der Waals surface area contributed by atoms with E-state index in [9.17, 15) is 9.59 Å². The zero-order valence-electron chi connectivity index (χ0n) is 17.0. The van der Waals surface area contributed by atoms with Gasteiger partial charge in [0.2, 0.25) is 11.8 Å². The number of hydrogen-bond acceptors (Lipinski definition) is 6. The molecule has 8 heteroatoms. The molecule has 0 radical (unpaired) electrons. The van der Waals surface area contributed by atoms with Gasteiger partial charge in [0.05, 0.1) is 25.2 Å². The summed E-state index contributed by atoms with van der Waals surface area (Å²) in [7, 11) is 1.68. The summed E-state index contributed by atoms with van der Waals surface area (Å²) < 4.78 is 11.7. The monoisotopic (exact) mass is 427 g/mol. The van der Waals surface area contributed by atoms with Crippen LogP contribution in [0.1, 0.15) is 30.4 Å². The fourth-order valence-electron chi connectivity index (χ4n) is 4.95. The third-order valence-electron chi connectivity index (χ3n) is 6.56. The molecule has 1 unspecified atom stereocenters. The van der Waals surface area contributed by atoms with Crippen LogP contribution in [0.5, 0.6) is 5.75 Å². The first kappa shape index (κ1) is 19.5. The zero-order valence-corrected chi connectivity index (χ0v) is 17.8. The van der Waals surface area contributed by atoms with Crippen LogP contribution in [0, 0.1) is 5.92 Å². The minimum atomic E-state index is -0.324. The molecule has 0 saturated carbocycles. The van der Waals surface area contributed by atoms with Crippen molar-refractivity contribution in [3.05, 3.63) is 40.9 Å². The van der Waals surface area contributed by atoms with Gasteiger partial charge >= 0.3 is 0 Å². The van der Waals surface area contributed by atoms with Gasteiger partial charge < -0.3 is 14.4 Å². The maximum absolute atomic E-state index is 13.1. The van der Waals surface area contributed by atoms with E-state index in [2.05, 4.69) is 17.1 Å². The maximum Gasteiger partial charge on any atom is 0.229 e. The number of hydrogen-bond donors (Lipinski definition) is 0. The Morgan fingerprint density at radius 1 is 1.33 bits per heavy atom. The molecule has 158 valence electrons. The van der Waals surface area contributed by atoms with Crippen LogP contribution >= 0.6 is 11.3 Å². The van der Waals surface area contributed by atoms with E-state index in [4.69, 9.17) is 9.47 Å². The van der Waals surface area contributed by atoms with Crippen molar-refractivity contribution in [2.45, 2.75) is 31.3 Å². The summed E-state index contributed by atoms with van der Waals surface area (Å²) in [6, 6.07) is 6.21. The molecule has 0 bridgehead atoms. The number of methoxy groups -OCH3 is 1. The number of fused-ring (bicyclic) bond motifs is 2. The zero-order chi connectivity index (χ0) is 20.7. The molecule has 3 aliphatic heterocycles. The molecular formula is C22H25N3O4S. The van der Waals surface area contributed by atoms with Crippen molar-refractivity contribution in [1.82, 2.24) is 9.88 Å². The summed E-state index contributed by atoms with van der Waals surface area (Å²) in [6.45, 7) is 2.40. The number of aromatic nitrogens is 1. The smallest absolute Gasteiger partial charge is 0.229 e. The molecule has 2 aromatic rings. The molecule has 7 nitrogen and oxygen atoms in total. The fraction of sp³-hybridized carbons (Fsp3) is 0.500. The van der Waals surface area contributed by atoms with Gasteiger partial charge in [0.15, 0.2) is 5.13 Å². The highest BCUT2D eigenvalue weighted by atomic mass is 32.1. The number of piperidine rings is 1. The molecule has 30 heavy (non-hydrogen) atoms. The van der Waals surface area contributed by atoms with Gasteiger partial charge in [0.1, 0.15) is 5.75 Å². The Hall–Kier alpha value is -2.45. The van der Waals surface area contributed by atoms with E-state index in [0.29, 0.717) is 31.4 Å². The third kappa shape index (κ3) is 3.28. The van der Waals surface area contributed by atoms with E-state index < -0.39 is 0 Å². The molecule has 2 amide bonds. The van der Waals surface area contributed by atoms with Gasteiger partial charge in [-0.15, -0.1) is 11.3 Å². The van der Waals surface area contributed by atoms with Gasteiger partial charge in [-0.05, 0) is 42.5 Å². The lowest BCUT2D eigenvalue weighted by Crippen LogP contribution is -2.50. The van der Waals surface area contributed by atoms with E-state index in [1.165, 1.54) is 22.5 Å². The molecule has 2 fully saturated rings. The van der Waals surface area contributed by atoms with Crippen molar-refractivity contribution in [3.8, 4) is 5.75 Å².